The summed E-state index contributed by atoms with van der Waals surface area (Å²) in [6.07, 6.45) is 6.20. The number of rotatable bonds is 14. The molecule has 0 saturated carbocycles. The average Bonchev–Trinajstić information content (AvgIpc) is 3.11. The summed E-state index contributed by atoms with van der Waals surface area (Å²) in [5.74, 6) is -0.802. The Balaban J connectivity index is 1.65. The van der Waals surface area contributed by atoms with E-state index >= 15 is 0 Å². The van der Waals surface area contributed by atoms with Gasteiger partial charge in [0.05, 0.1) is 18.6 Å². The van der Waals surface area contributed by atoms with Crippen molar-refractivity contribution in [1.29, 1.82) is 0 Å². The molecule has 0 spiro atoms. The molecule has 1 aliphatic rings. The maximum Gasteiger partial charge on any atom is 0.338 e. The van der Waals surface area contributed by atoms with Gasteiger partial charge in [-0.05, 0) is 61.8 Å². The van der Waals surface area contributed by atoms with Gasteiger partial charge in [-0.3, -0.25) is 14.5 Å². The van der Waals surface area contributed by atoms with Crippen molar-refractivity contribution in [3.05, 3.63) is 65.7 Å². The Morgan fingerprint density at radius 2 is 1.65 bits per heavy atom. The van der Waals surface area contributed by atoms with Crippen molar-refractivity contribution in [3.63, 3.8) is 0 Å². The molecule has 1 atom stereocenters. The largest absolute Gasteiger partial charge is 0.462 e. The maximum absolute atomic E-state index is 13.4. The highest BCUT2D eigenvalue weighted by Crippen LogP contribution is 2.23. The second-order valence-electron chi connectivity index (χ2n) is 9.18. The van der Waals surface area contributed by atoms with Crippen molar-refractivity contribution in [1.82, 2.24) is 9.80 Å². The molecule has 37 heavy (non-hydrogen) atoms. The van der Waals surface area contributed by atoms with Crippen LogP contribution < -0.4 is 5.32 Å². The van der Waals surface area contributed by atoms with E-state index in [0.717, 1.165) is 31.2 Å². The van der Waals surface area contributed by atoms with E-state index in [4.69, 9.17) is 17.0 Å². The summed E-state index contributed by atoms with van der Waals surface area (Å²) in [5, 5.41) is 3.36. The van der Waals surface area contributed by atoms with Crippen LogP contribution in [0.5, 0.6) is 0 Å². The molecule has 0 bridgehead atoms. The van der Waals surface area contributed by atoms with Crippen molar-refractivity contribution in [2.24, 2.45) is 0 Å². The zero-order valence-electron chi connectivity index (χ0n) is 21.8. The molecule has 8 heteroatoms. The minimum Gasteiger partial charge on any atom is -0.462 e. The number of carbonyl (C=O) groups is 3. The topological polar surface area (TPSA) is 79.0 Å². The fourth-order valence-corrected chi connectivity index (χ4v) is 4.81. The highest BCUT2D eigenvalue weighted by atomic mass is 32.1. The molecule has 1 N–H and O–H groups in total. The Labute approximate surface area is 225 Å². The molecule has 1 unspecified atom stereocenters. The lowest BCUT2D eigenvalue weighted by molar-refractivity contribution is -0.130. The summed E-state index contributed by atoms with van der Waals surface area (Å²) in [6, 6.07) is 15.9. The van der Waals surface area contributed by atoms with Crippen LogP contribution in [0.4, 0.5) is 5.69 Å². The minimum atomic E-state index is -0.617. The molecule has 2 amide bonds. The fourth-order valence-electron chi connectivity index (χ4n) is 4.41. The predicted octanol–water partition coefficient (Wildman–Crippen LogP) is 5.20. The van der Waals surface area contributed by atoms with Gasteiger partial charge in [-0.15, -0.1) is 0 Å². The van der Waals surface area contributed by atoms with Crippen LogP contribution in [0.2, 0.25) is 0 Å². The number of nitrogens with one attached hydrogen (secondary N) is 1. The van der Waals surface area contributed by atoms with Crippen molar-refractivity contribution in [3.8, 4) is 0 Å². The van der Waals surface area contributed by atoms with E-state index in [1.54, 1.807) is 36.1 Å². The van der Waals surface area contributed by atoms with Crippen molar-refractivity contribution in [2.75, 3.05) is 25.0 Å². The number of thiocarbonyl (C=S) groups is 1. The standard InChI is InChI=1S/C29H37N3O4S/c1-3-5-6-7-11-19-31-25(27(34)32(29(31)37)20-18-22-12-9-8-10-13-22)21-26(33)30-24-16-14-23(15-17-24)28(35)36-4-2/h8-10,12-17,25H,3-7,11,18-21H2,1-2H3,(H,30,33). The quantitative estimate of drug-likeness (QED) is 0.208. The first kappa shape index (κ1) is 28.3. The number of ether oxygens (including phenoxy) is 1. The Bertz CT molecular complexity index is 1060. The zero-order valence-corrected chi connectivity index (χ0v) is 22.6. The third kappa shape index (κ3) is 8.12. The third-order valence-electron chi connectivity index (χ3n) is 6.43. The molecule has 1 heterocycles. The van der Waals surface area contributed by atoms with Crippen LogP contribution in [0.1, 0.15) is 68.3 Å². The van der Waals surface area contributed by atoms with Gasteiger partial charge in [0.2, 0.25) is 5.91 Å². The van der Waals surface area contributed by atoms with E-state index in [0.29, 0.717) is 42.5 Å². The predicted molar refractivity (Wildman–Crippen MR) is 149 cm³/mol. The number of hydrogen-bond donors (Lipinski definition) is 1. The van der Waals surface area contributed by atoms with Crippen molar-refractivity contribution in [2.45, 2.75) is 64.8 Å². The molecular formula is C29H37N3O4S. The lowest BCUT2D eigenvalue weighted by Crippen LogP contribution is -2.38. The lowest BCUT2D eigenvalue weighted by Gasteiger charge is -2.24. The van der Waals surface area contributed by atoms with Crippen LogP contribution in [0.3, 0.4) is 0 Å². The second kappa shape index (κ2) is 14.5. The minimum absolute atomic E-state index is 0.00932. The summed E-state index contributed by atoms with van der Waals surface area (Å²) in [7, 11) is 0. The van der Waals surface area contributed by atoms with Crippen molar-refractivity contribution >= 4 is 40.8 Å². The lowest BCUT2D eigenvalue weighted by atomic mass is 10.1. The number of hydrogen-bond acceptors (Lipinski definition) is 5. The van der Waals surface area contributed by atoms with E-state index in [2.05, 4.69) is 12.2 Å². The molecule has 7 nitrogen and oxygen atoms in total. The highest BCUT2D eigenvalue weighted by Gasteiger charge is 2.42. The molecule has 0 aliphatic carbocycles. The molecule has 1 fully saturated rings. The molecule has 1 saturated heterocycles. The SMILES string of the molecule is CCCCCCCN1C(=S)N(CCc2ccccc2)C(=O)C1CC(=O)Nc1ccc(C(=O)OCC)cc1. The number of anilines is 1. The summed E-state index contributed by atoms with van der Waals surface area (Å²) >= 11 is 5.73. The Morgan fingerprint density at radius 3 is 2.32 bits per heavy atom. The first-order valence-electron chi connectivity index (χ1n) is 13.2. The number of amides is 2. The normalized spacial score (nSPS) is 15.2. The van der Waals surface area contributed by atoms with Crippen LogP contribution in [0.25, 0.3) is 0 Å². The summed E-state index contributed by atoms with van der Waals surface area (Å²) < 4.78 is 5.00. The van der Waals surface area contributed by atoms with E-state index in [1.165, 1.54) is 6.42 Å². The Hall–Kier alpha value is -3.26. The first-order valence-corrected chi connectivity index (χ1v) is 13.6. The summed E-state index contributed by atoms with van der Waals surface area (Å²) in [4.78, 5) is 41.8. The van der Waals surface area contributed by atoms with Gasteiger partial charge in [0, 0.05) is 18.8 Å². The van der Waals surface area contributed by atoms with E-state index < -0.39 is 12.0 Å². The van der Waals surface area contributed by atoms with Crippen LogP contribution in [0.15, 0.2) is 54.6 Å². The zero-order chi connectivity index (χ0) is 26.6. The number of nitrogens with zero attached hydrogens (tertiary/aromatic N) is 2. The summed E-state index contributed by atoms with van der Waals surface area (Å²) in [5.41, 5.74) is 2.11. The smallest absolute Gasteiger partial charge is 0.338 e. The Kier molecular flexibility index (Phi) is 11.1. The van der Waals surface area contributed by atoms with Crippen LogP contribution >= 0.6 is 12.2 Å². The van der Waals surface area contributed by atoms with Gasteiger partial charge in [-0.25, -0.2) is 4.79 Å². The monoisotopic (exact) mass is 523 g/mol. The van der Waals surface area contributed by atoms with E-state index in [-0.39, 0.29) is 18.2 Å². The van der Waals surface area contributed by atoms with Crippen molar-refractivity contribution < 1.29 is 19.1 Å². The van der Waals surface area contributed by atoms with Crippen LogP contribution in [-0.4, -0.2) is 58.4 Å². The molecule has 2 aromatic rings. The molecule has 0 radical (unpaired) electrons. The van der Waals surface area contributed by atoms with Gasteiger partial charge < -0.3 is 15.0 Å². The van der Waals surface area contributed by atoms with Gasteiger partial charge in [0.15, 0.2) is 5.11 Å². The molecule has 3 rings (SSSR count). The third-order valence-corrected chi connectivity index (χ3v) is 6.89. The number of unbranched alkanes of at least 4 members (excludes halogenated alkanes) is 4. The van der Waals surface area contributed by atoms with E-state index in [9.17, 15) is 14.4 Å². The average molecular weight is 524 g/mol. The van der Waals surface area contributed by atoms with Gasteiger partial charge >= 0.3 is 5.97 Å². The Morgan fingerprint density at radius 1 is 0.946 bits per heavy atom. The van der Waals surface area contributed by atoms with Crippen LogP contribution in [0, 0.1) is 0 Å². The summed E-state index contributed by atoms with van der Waals surface area (Å²) in [6.45, 7) is 5.37. The molecule has 0 aromatic heterocycles. The highest BCUT2D eigenvalue weighted by molar-refractivity contribution is 7.80. The van der Waals surface area contributed by atoms with Gasteiger partial charge in [0.25, 0.3) is 5.91 Å². The fraction of sp³-hybridized carbons (Fsp3) is 0.448. The maximum atomic E-state index is 13.4. The second-order valence-corrected chi connectivity index (χ2v) is 9.55. The molecule has 198 valence electrons. The van der Waals surface area contributed by atoms with Gasteiger partial charge in [-0.2, -0.15) is 0 Å². The molecular weight excluding hydrogens is 486 g/mol. The molecule has 1 aliphatic heterocycles. The number of benzene rings is 2. The molecule has 2 aromatic carbocycles. The van der Waals surface area contributed by atoms with E-state index in [1.807, 2.05) is 35.2 Å². The number of esters is 1. The number of carbonyl (C=O) groups excluding carboxylic acids is 3. The van der Waals surface area contributed by atoms with Gasteiger partial charge in [0.1, 0.15) is 6.04 Å². The first-order chi connectivity index (χ1) is 17.9. The van der Waals surface area contributed by atoms with Gasteiger partial charge in [-0.1, -0.05) is 62.9 Å². The van der Waals surface area contributed by atoms with Crippen LogP contribution in [-0.2, 0) is 20.7 Å².